The zero-order valence-corrected chi connectivity index (χ0v) is 14.6. The maximum absolute atomic E-state index is 12.4. The van der Waals surface area contributed by atoms with Gasteiger partial charge >= 0.3 is 5.97 Å². The van der Waals surface area contributed by atoms with E-state index < -0.39 is 35.3 Å². The molecule has 138 valence electrons. The van der Waals surface area contributed by atoms with Gasteiger partial charge in [-0.15, -0.1) is 0 Å². The SMILES string of the molecule is Cn1c(=O)c(C(=O)NCC(=O)O)c(O)c2cc(-c3cc(Cl)ncn3)cnc21. The van der Waals surface area contributed by atoms with Crippen molar-refractivity contribution in [2.75, 3.05) is 6.54 Å². The predicted octanol–water partition coefficient (Wildman–Crippen LogP) is 0.564. The van der Waals surface area contributed by atoms with Crippen LogP contribution in [0.4, 0.5) is 0 Å². The molecule has 3 heterocycles. The minimum Gasteiger partial charge on any atom is -0.506 e. The van der Waals surface area contributed by atoms with Crippen molar-refractivity contribution < 1.29 is 19.8 Å². The topological polar surface area (TPSA) is 147 Å². The van der Waals surface area contributed by atoms with Crippen molar-refractivity contribution in [1.82, 2.24) is 24.8 Å². The Labute approximate surface area is 156 Å². The van der Waals surface area contributed by atoms with Crippen LogP contribution in [-0.2, 0) is 11.8 Å². The zero-order chi connectivity index (χ0) is 19.7. The van der Waals surface area contributed by atoms with Gasteiger partial charge in [0.15, 0.2) is 0 Å². The molecule has 0 aliphatic heterocycles. The molecule has 0 aromatic carbocycles. The molecule has 3 N–H and O–H groups in total. The van der Waals surface area contributed by atoms with E-state index in [2.05, 4.69) is 20.3 Å². The third-order valence-corrected chi connectivity index (χ3v) is 3.96. The third kappa shape index (κ3) is 3.42. The summed E-state index contributed by atoms with van der Waals surface area (Å²) < 4.78 is 1.08. The predicted molar refractivity (Wildman–Crippen MR) is 94.7 cm³/mol. The summed E-state index contributed by atoms with van der Waals surface area (Å²) in [5.41, 5.74) is -0.359. The van der Waals surface area contributed by atoms with E-state index in [1.807, 2.05) is 0 Å². The van der Waals surface area contributed by atoms with E-state index in [0.29, 0.717) is 11.3 Å². The summed E-state index contributed by atoms with van der Waals surface area (Å²) in [4.78, 5) is 47.2. The van der Waals surface area contributed by atoms with Gasteiger partial charge in [0.1, 0.15) is 35.0 Å². The van der Waals surface area contributed by atoms with Gasteiger partial charge in [-0.3, -0.25) is 19.0 Å². The van der Waals surface area contributed by atoms with E-state index in [1.54, 1.807) is 0 Å². The normalized spacial score (nSPS) is 10.7. The maximum Gasteiger partial charge on any atom is 0.322 e. The molecule has 0 unspecified atom stereocenters. The van der Waals surface area contributed by atoms with Gasteiger partial charge in [-0.05, 0) is 6.07 Å². The quantitative estimate of drug-likeness (QED) is 0.548. The Balaban J connectivity index is 2.20. The summed E-state index contributed by atoms with van der Waals surface area (Å²) in [6.07, 6.45) is 2.69. The molecule has 3 aromatic rings. The number of nitrogens with one attached hydrogen (secondary N) is 1. The summed E-state index contributed by atoms with van der Waals surface area (Å²) in [7, 11) is 1.38. The molecular formula is C16H12ClN5O5. The molecule has 0 fully saturated rings. The van der Waals surface area contributed by atoms with Crippen LogP contribution < -0.4 is 10.9 Å². The average molecular weight is 390 g/mol. The van der Waals surface area contributed by atoms with Crippen molar-refractivity contribution in [1.29, 1.82) is 0 Å². The first kappa shape index (κ1) is 18.3. The largest absolute Gasteiger partial charge is 0.506 e. The first-order chi connectivity index (χ1) is 12.8. The molecule has 27 heavy (non-hydrogen) atoms. The number of carbonyl (C=O) groups is 2. The maximum atomic E-state index is 12.4. The van der Waals surface area contributed by atoms with E-state index >= 15 is 0 Å². The highest BCUT2D eigenvalue weighted by Crippen LogP contribution is 2.29. The molecule has 0 spiro atoms. The molecule has 10 nitrogen and oxygen atoms in total. The number of carbonyl (C=O) groups excluding carboxylic acids is 1. The lowest BCUT2D eigenvalue weighted by Gasteiger charge is -2.12. The van der Waals surface area contributed by atoms with Crippen LogP contribution in [0.15, 0.2) is 29.5 Å². The second kappa shape index (κ2) is 7.00. The summed E-state index contributed by atoms with van der Waals surface area (Å²) in [6, 6.07) is 2.98. The van der Waals surface area contributed by atoms with E-state index in [0.717, 1.165) is 4.57 Å². The van der Waals surface area contributed by atoms with Crippen LogP contribution in [0.1, 0.15) is 10.4 Å². The van der Waals surface area contributed by atoms with Gasteiger partial charge < -0.3 is 15.5 Å². The highest BCUT2D eigenvalue weighted by molar-refractivity contribution is 6.29. The Kier molecular flexibility index (Phi) is 4.74. The van der Waals surface area contributed by atoms with Gasteiger partial charge in [-0.2, -0.15) is 0 Å². The Morgan fingerprint density at radius 3 is 2.67 bits per heavy atom. The number of carboxylic acids is 1. The number of halogens is 1. The van der Waals surface area contributed by atoms with Gasteiger partial charge in [-0.25, -0.2) is 15.0 Å². The van der Waals surface area contributed by atoms with Crippen molar-refractivity contribution in [2.45, 2.75) is 0 Å². The molecule has 0 saturated heterocycles. The second-order valence-corrected chi connectivity index (χ2v) is 5.87. The van der Waals surface area contributed by atoms with Gasteiger partial charge in [0.2, 0.25) is 0 Å². The number of carboxylic acid groups (broad SMARTS) is 1. The lowest BCUT2D eigenvalue weighted by molar-refractivity contribution is -0.135. The summed E-state index contributed by atoms with van der Waals surface area (Å²) >= 11 is 5.85. The van der Waals surface area contributed by atoms with Gasteiger partial charge in [-0.1, -0.05) is 11.6 Å². The Hall–Kier alpha value is -3.53. The molecule has 0 radical (unpaired) electrons. The van der Waals surface area contributed by atoms with Crippen LogP contribution >= 0.6 is 11.6 Å². The number of aromatic hydroxyl groups is 1. The van der Waals surface area contributed by atoms with Crippen LogP contribution in [0.25, 0.3) is 22.3 Å². The number of hydrogen-bond acceptors (Lipinski definition) is 7. The highest BCUT2D eigenvalue weighted by atomic mass is 35.5. The minimum atomic E-state index is -1.29. The first-order valence-electron chi connectivity index (χ1n) is 7.49. The molecular weight excluding hydrogens is 378 g/mol. The highest BCUT2D eigenvalue weighted by Gasteiger charge is 2.22. The van der Waals surface area contributed by atoms with E-state index in [9.17, 15) is 19.5 Å². The number of rotatable bonds is 4. The number of aryl methyl sites for hydroxylation is 1. The average Bonchev–Trinajstić information content (AvgIpc) is 2.64. The summed E-state index contributed by atoms with van der Waals surface area (Å²) in [6.45, 7) is -0.697. The van der Waals surface area contributed by atoms with E-state index in [-0.39, 0.29) is 16.2 Å². The van der Waals surface area contributed by atoms with Gasteiger partial charge in [0.05, 0.1) is 11.1 Å². The van der Waals surface area contributed by atoms with Crippen LogP contribution in [0.3, 0.4) is 0 Å². The van der Waals surface area contributed by atoms with Gasteiger partial charge in [0, 0.05) is 24.9 Å². The lowest BCUT2D eigenvalue weighted by Crippen LogP contribution is -2.35. The molecule has 3 aromatic heterocycles. The fraction of sp³-hybridized carbons (Fsp3) is 0.125. The smallest absolute Gasteiger partial charge is 0.322 e. The zero-order valence-electron chi connectivity index (χ0n) is 13.8. The second-order valence-electron chi connectivity index (χ2n) is 5.49. The number of pyridine rings is 2. The number of nitrogens with zero attached hydrogens (tertiary/aromatic N) is 4. The molecule has 0 aliphatic carbocycles. The molecule has 0 aliphatic rings. The third-order valence-electron chi connectivity index (χ3n) is 3.75. The molecule has 0 bridgehead atoms. The van der Waals surface area contributed by atoms with Crippen LogP contribution in [-0.4, -0.2) is 48.2 Å². The molecule has 0 atom stereocenters. The molecule has 1 amide bonds. The number of amides is 1. The van der Waals surface area contributed by atoms with Crippen molar-refractivity contribution in [3.05, 3.63) is 45.7 Å². The minimum absolute atomic E-state index is 0.116. The fourth-order valence-corrected chi connectivity index (χ4v) is 2.63. The molecule has 0 saturated carbocycles. The number of aromatic nitrogens is 4. The van der Waals surface area contributed by atoms with Crippen molar-refractivity contribution in [3.63, 3.8) is 0 Å². The number of hydrogen-bond donors (Lipinski definition) is 3. The Morgan fingerprint density at radius 1 is 1.26 bits per heavy atom. The summed E-state index contributed by atoms with van der Waals surface area (Å²) in [5.74, 6) is -2.90. The number of fused-ring (bicyclic) bond motifs is 1. The molecule has 3 rings (SSSR count). The lowest BCUT2D eigenvalue weighted by atomic mass is 10.1. The Morgan fingerprint density at radius 2 is 2.00 bits per heavy atom. The fourth-order valence-electron chi connectivity index (χ4n) is 2.48. The standard InChI is InChI=1S/C16H12ClN5O5/c1-22-14-8(2-7(4-18-14)9-3-10(17)21-6-20-9)13(25)12(16(22)27)15(26)19-5-11(23)24/h2-4,6,25H,5H2,1H3,(H,19,26)(H,23,24). The van der Waals surface area contributed by atoms with Crippen LogP contribution in [0, 0.1) is 0 Å². The van der Waals surface area contributed by atoms with Crippen LogP contribution in [0.5, 0.6) is 5.75 Å². The number of aliphatic carboxylic acids is 1. The summed E-state index contributed by atoms with van der Waals surface area (Å²) in [5, 5.41) is 21.5. The Bertz CT molecular complexity index is 1140. The van der Waals surface area contributed by atoms with Crippen LogP contribution in [0.2, 0.25) is 5.15 Å². The van der Waals surface area contributed by atoms with E-state index in [1.165, 1.54) is 31.7 Å². The van der Waals surface area contributed by atoms with Gasteiger partial charge in [0.25, 0.3) is 11.5 Å². The first-order valence-corrected chi connectivity index (χ1v) is 7.87. The monoisotopic (exact) mass is 389 g/mol. The molecule has 11 heteroatoms. The van der Waals surface area contributed by atoms with Crippen molar-refractivity contribution >= 4 is 34.5 Å². The van der Waals surface area contributed by atoms with E-state index in [4.69, 9.17) is 16.7 Å². The van der Waals surface area contributed by atoms with Crippen molar-refractivity contribution in [3.8, 4) is 17.0 Å². The van der Waals surface area contributed by atoms with Crippen molar-refractivity contribution in [2.24, 2.45) is 7.05 Å².